The molecule has 2 aromatic carbocycles. The minimum Gasteiger partial charge on any atom is -0.491 e. The van der Waals surface area contributed by atoms with Gasteiger partial charge < -0.3 is 47.7 Å². The Kier molecular flexibility index (Phi) is 24.1. The fourth-order valence-corrected chi connectivity index (χ4v) is 8.50. The first-order valence-electron chi connectivity index (χ1n) is 23.1. The van der Waals surface area contributed by atoms with E-state index in [1.54, 1.807) is 0 Å². The third kappa shape index (κ3) is 19.4. The van der Waals surface area contributed by atoms with Crippen molar-refractivity contribution in [2.45, 2.75) is 165 Å². The summed E-state index contributed by atoms with van der Waals surface area (Å²) in [5, 5.41) is 10.5. The van der Waals surface area contributed by atoms with Gasteiger partial charge in [0.15, 0.2) is 18.9 Å². The van der Waals surface area contributed by atoms with Crippen LogP contribution in [0.1, 0.15) is 145 Å². The molecule has 10 nitrogen and oxygen atoms in total. The first-order valence-corrected chi connectivity index (χ1v) is 24.2. The largest absolute Gasteiger partial charge is 0.491 e. The normalized spacial score (nSPS) is 27.3. The van der Waals surface area contributed by atoms with E-state index in [1.807, 2.05) is 12.1 Å². The third-order valence-electron chi connectivity index (χ3n) is 11.7. The van der Waals surface area contributed by atoms with Crippen LogP contribution in [0, 0.1) is 0 Å². The predicted molar refractivity (Wildman–Crippen MR) is 235 cm³/mol. The maximum Gasteiger partial charge on any atom is 0.157 e. The van der Waals surface area contributed by atoms with Crippen LogP contribution >= 0.6 is 15.9 Å². The summed E-state index contributed by atoms with van der Waals surface area (Å²) in [4.78, 5) is 0. The zero-order valence-corrected chi connectivity index (χ0v) is 37.5. The summed E-state index contributed by atoms with van der Waals surface area (Å²) in [6, 6.07) is 17.0. The highest BCUT2D eigenvalue weighted by molar-refractivity contribution is 9.09. The summed E-state index contributed by atoms with van der Waals surface area (Å²) < 4.78 is 50.6. The van der Waals surface area contributed by atoms with Gasteiger partial charge in [0.05, 0.1) is 32.0 Å². The van der Waals surface area contributed by atoms with Crippen LogP contribution in [0.5, 0.6) is 11.5 Å². The molecule has 3 heterocycles. The number of hydrogen-bond acceptors (Lipinski definition) is 10. The molecule has 0 amide bonds. The second-order valence-corrected chi connectivity index (χ2v) is 17.2. The average Bonchev–Trinajstić information content (AvgIpc) is 3.30. The van der Waals surface area contributed by atoms with E-state index in [4.69, 9.17) is 42.6 Å². The van der Waals surface area contributed by atoms with Crippen LogP contribution in [0.4, 0.5) is 0 Å². The molecule has 2 saturated carbocycles. The predicted octanol–water partition coefficient (Wildman–Crippen LogP) is 10.6. The molecular weight excluding hydrogens is 816 g/mol. The number of halogens is 1. The zero-order valence-electron chi connectivity index (χ0n) is 36.0. The number of hydrogen-bond donors (Lipinski definition) is 1. The Balaban J connectivity index is 0.000000183. The van der Waals surface area contributed by atoms with Gasteiger partial charge in [0.25, 0.3) is 0 Å². The maximum absolute atomic E-state index is 9.59. The summed E-state index contributed by atoms with van der Waals surface area (Å²) in [5.41, 5.74) is 2.79. The van der Waals surface area contributed by atoms with E-state index >= 15 is 0 Å². The Morgan fingerprint density at radius 3 is 1.31 bits per heavy atom. The van der Waals surface area contributed by atoms with Gasteiger partial charge in [-0.3, -0.25) is 0 Å². The van der Waals surface area contributed by atoms with Gasteiger partial charge in [-0.15, -0.1) is 0 Å². The van der Waals surface area contributed by atoms with Crippen molar-refractivity contribution in [1.29, 1.82) is 0 Å². The topological polar surface area (TPSA) is 103 Å². The van der Waals surface area contributed by atoms with Crippen LogP contribution in [0.3, 0.4) is 0 Å². The lowest BCUT2D eigenvalue weighted by Gasteiger charge is -2.29. The molecule has 2 aliphatic carbocycles. The molecule has 2 aromatic rings. The van der Waals surface area contributed by atoms with Gasteiger partial charge in [0, 0.05) is 31.8 Å². The van der Waals surface area contributed by atoms with Crippen molar-refractivity contribution in [3.05, 3.63) is 59.7 Å². The highest BCUT2D eigenvalue weighted by atomic mass is 79.9. The van der Waals surface area contributed by atoms with Gasteiger partial charge in [-0.05, 0) is 163 Å². The molecule has 5 aliphatic rings. The third-order valence-corrected chi connectivity index (χ3v) is 12.1. The van der Waals surface area contributed by atoms with Crippen molar-refractivity contribution >= 4 is 15.9 Å². The van der Waals surface area contributed by atoms with Gasteiger partial charge in [0.1, 0.15) is 24.7 Å². The van der Waals surface area contributed by atoms with E-state index in [9.17, 15) is 5.11 Å². The molecule has 0 aromatic heterocycles. The molecular formula is C48H75BrO10. The Morgan fingerprint density at radius 2 is 0.915 bits per heavy atom. The second-order valence-electron chi connectivity index (χ2n) is 16.4. The van der Waals surface area contributed by atoms with Gasteiger partial charge in [-0.2, -0.15) is 0 Å². The van der Waals surface area contributed by atoms with Crippen LogP contribution in [0.2, 0.25) is 0 Å². The first kappa shape index (κ1) is 48.2. The average molecular weight is 892 g/mol. The van der Waals surface area contributed by atoms with Crippen LogP contribution < -0.4 is 9.47 Å². The minimum absolute atomic E-state index is 0.0360. The molecule has 3 unspecified atom stereocenters. The molecule has 5 fully saturated rings. The van der Waals surface area contributed by atoms with Crippen molar-refractivity contribution in [3.63, 3.8) is 0 Å². The monoisotopic (exact) mass is 890 g/mol. The van der Waals surface area contributed by atoms with Gasteiger partial charge in [-0.25, -0.2) is 0 Å². The smallest absolute Gasteiger partial charge is 0.157 e. The summed E-state index contributed by atoms with van der Waals surface area (Å²) in [5.74, 6) is 3.05. The summed E-state index contributed by atoms with van der Waals surface area (Å²) in [6.45, 7) is 8.58. The Labute approximate surface area is 363 Å². The molecule has 59 heavy (non-hydrogen) atoms. The molecule has 7 rings (SSSR count). The van der Waals surface area contributed by atoms with Crippen molar-refractivity contribution in [2.24, 2.45) is 0 Å². The number of alkyl halides is 1. The second kappa shape index (κ2) is 29.5. The number of benzene rings is 2. The number of ether oxygens (including phenoxy) is 9. The first-order chi connectivity index (χ1) is 29.1. The van der Waals surface area contributed by atoms with E-state index in [0.717, 1.165) is 114 Å². The molecule has 11 heteroatoms. The minimum atomic E-state index is -0.0954. The Bertz CT molecular complexity index is 1300. The highest BCUT2D eigenvalue weighted by Gasteiger charge is 2.23. The van der Waals surface area contributed by atoms with Crippen molar-refractivity contribution in [2.75, 3.05) is 64.8 Å². The van der Waals surface area contributed by atoms with Crippen LogP contribution in [0.25, 0.3) is 0 Å². The van der Waals surface area contributed by atoms with E-state index in [1.165, 1.54) is 62.5 Å². The molecule has 334 valence electrons. The Hall–Kier alpha value is -1.80. The highest BCUT2D eigenvalue weighted by Crippen LogP contribution is 2.35. The molecule has 3 aliphatic heterocycles. The van der Waals surface area contributed by atoms with Crippen molar-refractivity contribution in [3.8, 4) is 11.5 Å². The standard InChI is InChI=1S/C22H34O4.C19H28O4.C7H13BrO2/c1-2-14-23-20-10-6-18(7-11-20)19-8-12-21(13-9-19)24-16-17-26-22-5-3-4-15-25-22;20-17-8-4-15(5-9-17)16-6-10-18(11-7-16)21-13-14-23-19-3-1-2-12-22-19;8-4-6-10-7-3-1-2-5-9-7/h8-9,12-13,18,20,22H,2-7,10-11,14-17H2,1H3;6-7,10-11,15,17,19-20H,1-5,8-9,12-14H2;7H,1-6H2. The van der Waals surface area contributed by atoms with E-state index in [-0.39, 0.29) is 25.0 Å². The van der Waals surface area contributed by atoms with Gasteiger partial charge in [-0.1, -0.05) is 47.1 Å². The molecule has 0 spiro atoms. The molecule has 0 bridgehead atoms. The van der Waals surface area contributed by atoms with Crippen LogP contribution in [-0.4, -0.2) is 101 Å². The fraction of sp³-hybridized carbons (Fsp3) is 0.750. The molecule has 0 radical (unpaired) electrons. The van der Waals surface area contributed by atoms with Crippen LogP contribution in [0.15, 0.2) is 48.5 Å². The molecule has 3 atom stereocenters. The zero-order chi connectivity index (χ0) is 41.2. The van der Waals surface area contributed by atoms with Gasteiger partial charge in [0.2, 0.25) is 0 Å². The molecule has 1 N–H and O–H groups in total. The lowest BCUT2D eigenvalue weighted by atomic mass is 9.83. The number of rotatable bonds is 18. The van der Waals surface area contributed by atoms with Crippen LogP contribution in [-0.2, 0) is 33.2 Å². The van der Waals surface area contributed by atoms with Gasteiger partial charge >= 0.3 is 0 Å². The van der Waals surface area contributed by atoms with E-state index in [2.05, 4.69) is 59.3 Å². The summed E-state index contributed by atoms with van der Waals surface area (Å²) in [6.07, 6.45) is 20.5. The van der Waals surface area contributed by atoms with Crippen molar-refractivity contribution < 1.29 is 47.7 Å². The summed E-state index contributed by atoms with van der Waals surface area (Å²) in [7, 11) is 0. The Morgan fingerprint density at radius 1 is 0.492 bits per heavy atom. The lowest BCUT2D eigenvalue weighted by molar-refractivity contribution is -0.165. The number of aliphatic hydroxyl groups excluding tert-OH is 1. The molecule has 3 saturated heterocycles. The quantitative estimate of drug-likeness (QED) is 0.115. The van der Waals surface area contributed by atoms with E-state index in [0.29, 0.717) is 44.4 Å². The maximum atomic E-state index is 9.59. The number of aliphatic hydroxyl groups is 1. The van der Waals surface area contributed by atoms with E-state index < -0.39 is 0 Å². The SMILES string of the molecule is BrCCOC1CCCCO1.CCCOC1CCC(c2ccc(OCCOC3CCCCO3)cc2)CC1.OC1CCC(c2ccc(OCCOC3CCCCO3)cc2)CC1. The fourth-order valence-electron chi connectivity index (χ4n) is 8.31. The lowest BCUT2D eigenvalue weighted by Crippen LogP contribution is -2.24. The van der Waals surface area contributed by atoms with Crippen molar-refractivity contribution in [1.82, 2.24) is 0 Å². The summed E-state index contributed by atoms with van der Waals surface area (Å²) >= 11 is 3.30.